The van der Waals surface area contributed by atoms with E-state index in [-0.39, 0.29) is 5.84 Å². The number of aryl methyl sites for hydroxylation is 2. The van der Waals surface area contributed by atoms with Gasteiger partial charge >= 0.3 is 0 Å². The summed E-state index contributed by atoms with van der Waals surface area (Å²) in [5, 5.41) is 7.09. The van der Waals surface area contributed by atoms with E-state index in [2.05, 4.69) is 19.1 Å². The van der Waals surface area contributed by atoms with E-state index in [4.69, 9.17) is 11.1 Å². The molecule has 0 aliphatic carbocycles. The van der Waals surface area contributed by atoms with E-state index >= 15 is 0 Å². The van der Waals surface area contributed by atoms with E-state index in [1.165, 1.54) is 11.1 Å². The lowest BCUT2D eigenvalue weighted by Gasteiger charge is -2.03. The summed E-state index contributed by atoms with van der Waals surface area (Å²) in [6, 6.07) is 8.20. The predicted octanol–water partition coefficient (Wildman–Crippen LogP) is 1.86. The Labute approximate surface area is 72.9 Å². The van der Waals surface area contributed by atoms with Crippen molar-refractivity contribution in [3.63, 3.8) is 0 Å². The van der Waals surface area contributed by atoms with Crippen LogP contribution in [0.3, 0.4) is 0 Å². The Morgan fingerprint density at radius 3 is 2.67 bits per heavy atom. The van der Waals surface area contributed by atoms with Crippen LogP contribution in [0.1, 0.15) is 17.5 Å². The molecule has 2 nitrogen and oxygen atoms in total. The van der Waals surface area contributed by atoms with Crippen molar-refractivity contribution in [2.45, 2.75) is 19.8 Å². The van der Waals surface area contributed by atoms with Crippen molar-refractivity contribution in [1.82, 2.24) is 0 Å². The molecule has 0 saturated heterocycles. The van der Waals surface area contributed by atoms with Crippen LogP contribution in [0.5, 0.6) is 0 Å². The number of hydrogen-bond donors (Lipinski definition) is 2. The molecular weight excluding hydrogens is 148 g/mol. The maximum absolute atomic E-state index is 7.09. The van der Waals surface area contributed by atoms with Crippen molar-refractivity contribution in [2.24, 2.45) is 5.73 Å². The molecular formula is C10H14N2. The SMILES string of the molecule is Cc1ccccc1CCC(=N)N. The number of benzene rings is 1. The molecule has 0 fully saturated rings. The van der Waals surface area contributed by atoms with Gasteiger partial charge in [-0.05, 0) is 24.5 Å². The van der Waals surface area contributed by atoms with Crippen molar-refractivity contribution in [3.8, 4) is 0 Å². The zero-order valence-corrected chi connectivity index (χ0v) is 7.30. The third-order valence-electron chi connectivity index (χ3n) is 1.92. The minimum atomic E-state index is 0.262. The van der Waals surface area contributed by atoms with Gasteiger partial charge in [0, 0.05) is 6.42 Å². The van der Waals surface area contributed by atoms with E-state index in [0.29, 0.717) is 6.42 Å². The molecule has 0 atom stereocenters. The molecule has 1 aromatic rings. The van der Waals surface area contributed by atoms with Gasteiger partial charge in [-0.3, -0.25) is 5.41 Å². The number of hydrogen-bond acceptors (Lipinski definition) is 1. The van der Waals surface area contributed by atoms with Crippen LogP contribution >= 0.6 is 0 Å². The fraction of sp³-hybridized carbons (Fsp3) is 0.300. The Balaban J connectivity index is 2.63. The van der Waals surface area contributed by atoms with Crippen LogP contribution in [0.15, 0.2) is 24.3 Å². The molecule has 0 radical (unpaired) electrons. The first-order valence-corrected chi connectivity index (χ1v) is 4.07. The summed E-state index contributed by atoms with van der Waals surface area (Å²) < 4.78 is 0. The second kappa shape index (κ2) is 3.90. The summed E-state index contributed by atoms with van der Waals surface area (Å²) in [6.45, 7) is 2.08. The fourth-order valence-corrected chi connectivity index (χ4v) is 1.16. The van der Waals surface area contributed by atoms with Gasteiger partial charge in [0.15, 0.2) is 0 Å². The minimum absolute atomic E-state index is 0.262. The van der Waals surface area contributed by atoms with Gasteiger partial charge in [0.1, 0.15) is 0 Å². The molecule has 1 rings (SSSR count). The van der Waals surface area contributed by atoms with Gasteiger partial charge in [-0.2, -0.15) is 0 Å². The van der Waals surface area contributed by atoms with Crippen molar-refractivity contribution in [2.75, 3.05) is 0 Å². The van der Waals surface area contributed by atoms with Crippen LogP contribution < -0.4 is 5.73 Å². The molecule has 12 heavy (non-hydrogen) atoms. The normalized spacial score (nSPS) is 9.75. The lowest BCUT2D eigenvalue weighted by atomic mass is 10.0. The first kappa shape index (κ1) is 8.78. The van der Waals surface area contributed by atoms with Crippen molar-refractivity contribution < 1.29 is 0 Å². The highest BCUT2D eigenvalue weighted by Gasteiger charge is 1.97. The lowest BCUT2D eigenvalue weighted by Crippen LogP contribution is -2.10. The molecule has 2 heteroatoms. The van der Waals surface area contributed by atoms with Gasteiger partial charge in [-0.15, -0.1) is 0 Å². The van der Waals surface area contributed by atoms with Crippen LogP contribution in [0, 0.1) is 12.3 Å². The largest absolute Gasteiger partial charge is 0.388 e. The Kier molecular flexibility index (Phi) is 2.86. The number of nitrogens with two attached hydrogens (primary N) is 1. The van der Waals surface area contributed by atoms with Crippen molar-refractivity contribution in [1.29, 1.82) is 5.41 Å². The molecule has 0 saturated carbocycles. The summed E-state index contributed by atoms with van der Waals surface area (Å²) in [6.07, 6.45) is 1.53. The molecule has 0 spiro atoms. The molecule has 0 amide bonds. The Morgan fingerprint density at radius 1 is 1.42 bits per heavy atom. The summed E-state index contributed by atoms with van der Waals surface area (Å²) in [5.74, 6) is 0.262. The topological polar surface area (TPSA) is 49.9 Å². The van der Waals surface area contributed by atoms with E-state index < -0.39 is 0 Å². The maximum Gasteiger partial charge on any atom is 0.0908 e. The minimum Gasteiger partial charge on any atom is -0.388 e. The standard InChI is InChI=1S/C10H14N2/c1-8-4-2-3-5-9(8)6-7-10(11)12/h2-5H,6-7H2,1H3,(H3,11,12). The summed E-state index contributed by atoms with van der Waals surface area (Å²) >= 11 is 0. The third-order valence-corrected chi connectivity index (χ3v) is 1.92. The Bertz CT molecular complexity index is 279. The second-order valence-corrected chi connectivity index (χ2v) is 2.95. The smallest absolute Gasteiger partial charge is 0.0908 e. The molecule has 3 N–H and O–H groups in total. The second-order valence-electron chi connectivity index (χ2n) is 2.95. The molecule has 1 aromatic carbocycles. The summed E-state index contributed by atoms with van der Waals surface area (Å²) in [7, 11) is 0. The quantitative estimate of drug-likeness (QED) is 0.517. The summed E-state index contributed by atoms with van der Waals surface area (Å²) in [4.78, 5) is 0. The Morgan fingerprint density at radius 2 is 2.08 bits per heavy atom. The highest BCUT2D eigenvalue weighted by molar-refractivity contribution is 5.77. The van der Waals surface area contributed by atoms with Crippen molar-refractivity contribution in [3.05, 3.63) is 35.4 Å². The first-order chi connectivity index (χ1) is 5.70. The van der Waals surface area contributed by atoms with Gasteiger partial charge in [0.25, 0.3) is 0 Å². The molecule has 0 aromatic heterocycles. The number of amidine groups is 1. The summed E-state index contributed by atoms with van der Waals surface area (Å²) in [5.41, 5.74) is 7.84. The van der Waals surface area contributed by atoms with Gasteiger partial charge in [-0.1, -0.05) is 24.3 Å². The first-order valence-electron chi connectivity index (χ1n) is 4.07. The fourth-order valence-electron chi connectivity index (χ4n) is 1.16. The molecule has 64 valence electrons. The number of nitrogens with one attached hydrogen (secondary N) is 1. The highest BCUT2D eigenvalue weighted by atomic mass is 14.7. The van der Waals surface area contributed by atoms with Crippen LogP contribution in [0.2, 0.25) is 0 Å². The Hall–Kier alpha value is -1.31. The van der Waals surface area contributed by atoms with Crippen LogP contribution in [0.4, 0.5) is 0 Å². The predicted molar refractivity (Wildman–Crippen MR) is 51.4 cm³/mol. The van der Waals surface area contributed by atoms with E-state index in [1.807, 2.05) is 12.1 Å². The van der Waals surface area contributed by atoms with Gasteiger partial charge in [0.2, 0.25) is 0 Å². The van der Waals surface area contributed by atoms with E-state index in [9.17, 15) is 0 Å². The van der Waals surface area contributed by atoms with Crippen LogP contribution in [-0.4, -0.2) is 5.84 Å². The average Bonchev–Trinajstić information content (AvgIpc) is 2.03. The van der Waals surface area contributed by atoms with E-state index in [1.54, 1.807) is 0 Å². The zero-order valence-electron chi connectivity index (χ0n) is 7.30. The van der Waals surface area contributed by atoms with Gasteiger partial charge in [-0.25, -0.2) is 0 Å². The van der Waals surface area contributed by atoms with Gasteiger partial charge in [0.05, 0.1) is 5.84 Å². The van der Waals surface area contributed by atoms with Gasteiger partial charge < -0.3 is 5.73 Å². The molecule has 0 aliphatic rings. The van der Waals surface area contributed by atoms with E-state index in [0.717, 1.165) is 6.42 Å². The average molecular weight is 162 g/mol. The highest BCUT2D eigenvalue weighted by Crippen LogP contribution is 2.08. The third kappa shape index (κ3) is 2.38. The van der Waals surface area contributed by atoms with Crippen LogP contribution in [0.25, 0.3) is 0 Å². The molecule has 0 bridgehead atoms. The lowest BCUT2D eigenvalue weighted by molar-refractivity contribution is 1.00. The zero-order chi connectivity index (χ0) is 8.97. The molecule has 0 unspecified atom stereocenters. The maximum atomic E-state index is 7.09. The molecule has 0 heterocycles. The van der Waals surface area contributed by atoms with Crippen LogP contribution in [-0.2, 0) is 6.42 Å². The molecule has 0 aliphatic heterocycles. The number of rotatable bonds is 3. The van der Waals surface area contributed by atoms with Crippen molar-refractivity contribution >= 4 is 5.84 Å². The monoisotopic (exact) mass is 162 g/mol.